The van der Waals surface area contributed by atoms with Gasteiger partial charge < -0.3 is 4.74 Å². The van der Waals surface area contributed by atoms with E-state index in [2.05, 4.69) is 0 Å². The van der Waals surface area contributed by atoms with Gasteiger partial charge in [-0.25, -0.2) is 8.42 Å². The molecule has 1 atom stereocenters. The van der Waals surface area contributed by atoms with Gasteiger partial charge in [0.1, 0.15) is 5.60 Å². The van der Waals surface area contributed by atoms with Crippen LogP contribution in [0.1, 0.15) is 46.5 Å². The minimum absolute atomic E-state index is 0.0772. The summed E-state index contributed by atoms with van der Waals surface area (Å²) in [7, 11) is 1.60. The quantitative estimate of drug-likeness (QED) is 0.591. The predicted octanol–water partition coefficient (Wildman–Crippen LogP) is 2.70. The van der Waals surface area contributed by atoms with E-state index in [4.69, 9.17) is 15.4 Å². The van der Waals surface area contributed by atoms with E-state index in [0.29, 0.717) is 0 Å². The number of carbonyl (C=O) groups excluding carboxylic acids is 1. The van der Waals surface area contributed by atoms with Gasteiger partial charge in [-0.05, 0) is 39.5 Å². The van der Waals surface area contributed by atoms with Crippen LogP contribution in [0.2, 0.25) is 0 Å². The lowest BCUT2D eigenvalue weighted by atomic mass is 9.92. The minimum atomic E-state index is -3.69. The first-order chi connectivity index (χ1) is 8.08. The molecule has 106 valence electrons. The van der Waals surface area contributed by atoms with Gasteiger partial charge in [-0.1, -0.05) is 12.8 Å². The molecule has 0 radical (unpaired) electrons. The van der Waals surface area contributed by atoms with Gasteiger partial charge in [-0.15, -0.1) is 0 Å². The molecular formula is C12H21ClO4S. The Kier molecular flexibility index (Phi) is 5.06. The minimum Gasteiger partial charge on any atom is -0.460 e. The van der Waals surface area contributed by atoms with E-state index in [9.17, 15) is 13.2 Å². The zero-order valence-corrected chi connectivity index (χ0v) is 12.7. The van der Waals surface area contributed by atoms with Gasteiger partial charge in [0.2, 0.25) is 9.05 Å². The molecule has 1 aliphatic rings. The largest absolute Gasteiger partial charge is 0.460 e. The summed E-state index contributed by atoms with van der Waals surface area (Å²) >= 11 is 0. The van der Waals surface area contributed by atoms with E-state index >= 15 is 0 Å². The lowest BCUT2D eigenvalue weighted by Gasteiger charge is -2.26. The lowest BCUT2D eigenvalue weighted by molar-refractivity contribution is -0.161. The van der Waals surface area contributed by atoms with Gasteiger partial charge in [0.15, 0.2) is 0 Å². The fraction of sp³-hybridized carbons (Fsp3) is 0.917. The van der Waals surface area contributed by atoms with E-state index in [1.54, 1.807) is 20.8 Å². The third-order valence-electron chi connectivity index (χ3n) is 3.06. The van der Waals surface area contributed by atoms with Crippen molar-refractivity contribution in [1.29, 1.82) is 0 Å². The summed E-state index contributed by atoms with van der Waals surface area (Å²) < 4.78 is 27.7. The van der Waals surface area contributed by atoms with Crippen molar-refractivity contribution in [2.75, 3.05) is 5.75 Å². The Hall–Kier alpha value is -0.290. The Morgan fingerprint density at radius 2 is 1.83 bits per heavy atom. The van der Waals surface area contributed by atoms with Crippen LogP contribution >= 0.6 is 10.7 Å². The zero-order valence-electron chi connectivity index (χ0n) is 11.1. The van der Waals surface area contributed by atoms with E-state index in [1.807, 2.05) is 0 Å². The molecule has 1 unspecified atom stereocenters. The molecule has 0 aliphatic heterocycles. The van der Waals surface area contributed by atoms with Crippen LogP contribution in [-0.4, -0.2) is 25.7 Å². The van der Waals surface area contributed by atoms with Gasteiger partial charge in [-0.2, -0.15) is 0 Å². The van der Waals surface area contributed by atoms with Crippen LogP contribution in [0.25, 0.3) is 0 Å². The van der Waals surface area contributed by atoms with Crippen LogP contribution in [0.3, 0.4) is 0 Å². The number of rotatable bonds is 4. The van der Waals surface area contributed by atoms with E-state index in [0.717, 1.165) is 25.7 Å². The summed E-state index contributed by atoms with van der Waals surface area (Å²) in [6, 6.07) is 0. The highest BCUT2D eigenvalue weighted by Gasteiger charge is 2.36. The number of carbonyl (C=O) groups is 1. The normalized spacial score (nSPS) is 19.8. The predicted molar refractivity (Wildman–Crippen MR) is 70.9 cm³/mol. The van der Waals surface area contributed by atoms with Crippen LogP contribution in [0.15, 0.2) is 0 Å². The first kappa shape index (κ1) is 15.8. The summed E-state index contributed by atoms with van der Waals surface area (Å²) in [6.07, 6.45) is 3.81. The second kappa shape index (κ2) is 5.78. The van der Waals surface area contributed by atoms with Crippen LogP contribution < -0.4 is 0 Å². The van der Waals surface area contributed by atoms with E-state index in [-0.39, 0.29) is 11.7 Å². The summed E-state index contributed by atoms with van der Waals surface area (Å²) in [5.74, 6) is -1.32. The Labute approximate surface area is 113 Å². The van der Waals surface area contributed by atoms with Crippen LogP contribution in [0.5, 0.6) is 0 Å². The number of esters is 1. The molecule has 0 bridgehead atoms. The number of ether oxygens (including phenoxy) is 1. The molecule has 0 heterocycles. The second-order valence-corrected chi connectivity index (χ2v) is 8.71. The molecule has 0 spiro atoms. The van der Waals surface area contributed by atoms with Gasteiger partial charge >= 0.3 is 5.97 Å². The van der Waals surface area contributed by atoms with Crippen molar-refractivity contribution in [1.82, 2.24) is 0 Å². The highest BCUT2D eigenvalue weighted by Crippen LogP contribution is 2.34. The standard InChI is InChI=1S/C12H21ClO4S/c1-12(2,3)17-11(14)10(8-18(13,15)16)9-6-4-5-7-9/h9-10H,4-8H2,1-3H3. The molecule has 0 aromatic rings. The lowest BCUT2D eigenvalue weighted by Crippen LogP contribution is -2.35. The maximum absolute atomic E-state index is 12.1. The Morgan fingerprint density at radius 1 is 1.33 bits per heavy atom. The molecular weight excluding hydrogens is 276 g/mol. The fourth-order valence-electron chi connectivity index (χ4n) is 2.35. The number of halogens is 1. The topological polar surface area (TPSA) is 60.4 Å². The first-order valence-corrected chi connectivity index (χ1v) is 8.71. The summed E-state index contributed by atoms with van der Waals surface area (Å²) in [6.45, 7) is 5.31. The maximum atomic E-state index is 12.1. The maximum Gasteiger partial charge on any atom is 0.310 e. The monoisotopic (exact) mass is 296 g/mol. The fourth-order valence-corrected chi connectivity index (χ4v) is 3.59. The molecule has 1 aliphatic carbocycles. The first-order valence-electron chi connectivity index (χ1n) is 6.24. The van der Waals surface area contributed by atoms with Crippen molar-refractivity contribution < 1.29 is 17.9 Å². The molecule has 0 amide bonds. The van der Waals surface area contributed by atoms with Crippen LogP contribution in [0.4, 0.5) is 0 Å². The SMILES string of the molecule is CC(C)(C)OC(=O)C(CS(=O)(=O)Cl)C1CCCC1. The highest BCUT2D eigenvalue weighted by atomic mass is 35.7. The molecule has 6 heteroatoms. The third-order valence-corrected chi connectivity index (χ3v) is 4.19. The summed E-state index contributed by atoms with van der Waals surface area (Å²) in [4.78, 5) is 12.1. The summed E-state index contributed by atoms with van der Waals surface area (Å²) in [5.41, 5.74) is -0.607. The van der Waals surface area contributed by atoms with E-state index < -0.39 is 26.5 Å². The van der Waals surface area contributed by atoms with Gasteiger partial charge in [0.05, 0.1) is 11.7 Å². The van der Waals surface area contributed by atoms with Crippen molar-refractivity contribution in [3.05, 3.63) is 0 Å². The molecule has 0 aromatic carbocycles. The molecule has 1 saturated carbocycles. The van der Waals surface area contributed by atoms with Gasteiger partial charge in [-0.3, -0.25) is 4.79 Å². The van der Waals surface area contributed by atoms with E-state index in [1.165, 1.54) is 0 Å². The Balaban J connectivity index is 2.79. The van der Waals surface area contributed by atoms with Crippen molar-refractivity contribution >= 4 is 25.7 Å². The molecule has 1 fully saturated rings. The molecule has 1 rings (SSSR count). The average molecular weight is 297 g/mol. The molecule has 0 aromatic heterocycles. The van der Waals surface area contributed by atoms with Crippen molar-refractivity contribution in [3.63, 3.8) is 0 Å². The molecule has 0 N–H and O–H groups in total. The summed E-state index contributed by atoms with van der Waals surface area (Å²) in [5, 5.41) is 0. The molecule has 18 heavy (non-hydrogen) atoms. The number of hydrogen-bond acceptors (Lipinski definition) is 4. The van der Waals surface area contributed by atoms with Gasteiger partial charge in [0, 0.05) is 10.7 Å². The van der Waals surface area contributed by atoms with Gasteiger partial charge in [0.25, 0.3) is 0 Å². The van der Waals surface area contributed by atoms with Crippen LogP contribution in [-0.2, 0) is 18.6 Å². The third kappa shape index (κ3) is 5.57. The second-order valence-electron chi connectivity index (χ2n) is 5.89. The van der Waals surface area contributed by atoms with Crippen LogP contribution in [0, 0.1) is 11.8 Å². The smallest absolute Gasteiger partial charge is 0.310 e. The van der Waals surface area contributed by atoms with Crippen molar-refractivity contribution in [2.45, 2.75) is 52.1 Å². The molecule has 0 saturated heterocycles. The van der Waals surface area contributed by atoms with Crippen molar-refractivity contribution in [3.8, 4) is 0 Å². The molecule has 4 nitrogen and oxygen atoms in total. The number of hydrogen-bond donors (Lipinski definition) is 0. The van der Waals surface area contributed by atoms with Crippen molar-refractivity contribution in [2.24, 2.45) is 11.8 Å². The Bertz CT molecular complexity index is 391. The zero-order chi connectivity index (χ0) is 14.0. The average Bonchev–Trinajstić information content (AvgIpc) is 2.61. The Morgan fingerprint density at radius 3 is 2.22 bits per heavy atom. The highest BCUT2D eigenvalue weighted by molar-refractivity contribution is 8.13.